The number of carbonyl (C=O) groups is 1. The normalized spacial score (nSPS) is 13.1. The summed E-state index contributed by atoms with van der Waals surface area (Å²) in [6, 6.07) is 15.6. The minimum Gasteiger partial charge on any atom is -0.390 e. The van der Waals surface area contributed by atoms with Crippen LogP contribution in [0.15, 0.2) is 71.6 Å². The molecule has 0 saturated heterocycles. The zero-order valence-corrected chi connectivity index (χ0v) is 23.5. The summed E-state index contributed by atoms with van der Waals surface area (Å²) in [4.78, 5) is 13.1. The van der Waals surface area contributed by atoms with Gasteiger partial charge < -0.3 is 20.5 Å². The summed E-state index contributed by atoms with van der Waals surface area (Å²) in [6.45, 7) is 4.91. The molecular formula is C30H36F2N2O5S. The molecule has 0 spiro atoms. The van der Waals surface area contributed by atoms with Crippen LogP contribution in [0.2, 0.25) is 0 Å². The highest BCUT2D eigenvalue weighted by molar-refractivity contribution is 7.91. The van der Waals surface area contributed by atoms with Crippen LogP contribution < -0.4 is 10.6 Å². The number of nitrogens with one attached hydrogen (secondary N) is 2. The van der Waals surface area contributed by atoms with Crippen LogP contribution in [0.4, 0.5) is 8.78 Å². The number of aryl methyl sites for hydroxylation is 1. The second-order valence-corrected chi connectivity index (χ2v) is 11.6. The minimum absolute atomic E-state index is 0.0293. The minimum atomic E-state index is -3.57. The number of hydrogen-bond acceptors (Lipinski definition) is 6. The molecule has 0 aliphatic carbocycles. The SMILES string of the molecule is CCOCCS(=O)(=O)c1ccc(C(=O)N[C@@H](Cc2cc(F)cc(F)c2)[C@@H](O)CNCc2cccc(CC)c2)cc1. The van der Waals surface area contributed by atoms with Crippen LogP contribution in [-0.2, 0) is 34.0 Å². The van der Waals surface area contributed by atoms with Crippen molar-refractivity contribution in [2.24, 2.45) is 0 Å². The van der Waals surface area contributed by atoms with Gasteiger partial charge in [-0.25, -0.2) is 17.2 Å². The molecule has 0 fully saturated rings. The molecule has 1 amide bonds. The molecule has 0 aliphatic heterocycles. The van der Waals surface area contributed by atoms with Crippen molar-refractivity contribution in [2.45, 2.75) is 50.3 Å². The number of aliphatic hydroxyl groups is 1. The average Bonchev–Trinajstić information content (AvgIpc) is 2.92. The van der Waals surface area contributed by atoms with Crippen LogP contribution in [0.25, 0.3) is 0 Å². The van der Waals surface area contributed by atoms with Crippen LogP contribution in [0.5, 0.6) is 0 Å². The molecule has 3 aromatic rings. The van der Waals surface area contributed by atoms with Gasteiger partial charge in [-0.3, -0.25) is 4.79 Å². The van der Waals surface area contributed by atoms with E-state index in [1.165, 1.54) is 29.8 Å². The maximum atomic E-state index is 13.8. The molecule has 2 atom stereocenters. The first-order chi connectivity index (χ1) is 19.1. The van der Waals surface area contributed by atoms with Gasteiger partial charge in [0, 0.05) is 31.3 Å². The van der Waals surface area contributed by atoms with Gasteiger partial charge in [0.05, 0.1) is 29.4 Å². The van der Waals surface area contributed by atoms with Gasteiger partial charge in [-0.15, -0.1) is 0 Å². The Morgan fingerprint density at radius 1 is 0.950 bits per heavy atom. The van der Waals surface area contributed by atoms with Gasteiger partial charge in [-0.1, -0.05) is 31.2 Å². The Balaban J connectivity index is 1.71. The van der Waals surface area contributed by atoms with E-state index in [0.717, 1.165) is 30.2 Å². The summed E-state index contributed by atoms with van der Waals surface area (Å²) in [6.07, 6.45) is -0.226. The van der Waals surface area contributed by atoms with Gasteiger partial charge in [0.15, 0.2) is 9.84 Å². The second-order valence-electron chi connectivity index (χ2n) is 9.47. The predicted molar refractivity (Wildman–Crippen MR) is 150 cm³/mol. The van der Waals surface area contributed by atoms with Gasteiger partial charge in [0.25, 0.3) is 5.91 Å². The third kappa shape index (κ3) is 9.48. The van der Waals surface area contributed by atoms with Gasteiger partial charge in [-0.2, -0.15) is 0 Å². The Bertz CT molecular complexity index is 1350. The molecule has 7 nitrogen and oxygen atoms in total. The highest BCUT2D eigenvalue weighted by Gasteiger charge is 2.23. The lowest BCUT2D eigenvalue weighted by molar-refractivity contribution is 0.0829. The Kier molecular flexibility index (Phi) is 11.8. The van der Waals surface area contributed by atoms with E-state index in [-0.39, 0.29) is 41.3 Å². The fourth-order valence-corrected chi connectivity index (χ4v) is 5.35. The van der Waals surface area contributed by atoms with Crippen molar-refractivity contribution in [3.8, 4) is 0 Å². The lowest BCUT2D eigenvalue weighted by Gasteiger charge is -2.25. The number of rotatable bonds is 15. The summed E-state index contributed by atoms with van der Waals surface area (Å²) in [5, 5.41) is 16.9. The smallest absolute Gasteiger partial charge is 0.251 e. The summed E-state index contributed by atoms with van der Waals surface area (Å²) >= 11 is 0. The molecule has 3 aromatic carbocycles. The molecule has 0 heterocycles. The maximum Gasteiger partial charge on any atom is 0.251 e. The largest absolute Gasteiger partial charge is 0.390 e. The Hall–Kier alpha value is -3.18. The number of halogens is 2. The van der Waals surface area contributed by atoms with E-state index in [0.29, 0.717) is 13.2 Å². The lowest BCUT2D eigenvalue weighted by atomic mass is 10.00. The lowest BCUT2D eigenvalue weighted by Crippen LogP contribution is -2.48. The number of carbonyl (C=O) groups excluding carboxylic acids is 1. The second kappa shape index (κ2) is 15.0. The number of hydrogen-bond donors (Lipinski definition) is 3. The molecule has 40 heavy (non-hydrogen) atoms. The third-order valence-corrected chi connectivity index (χ3v) is 8.11. The van der Waals surface area contributed by atoms with Crippen molar-refractivity contribution in [1.82, 2.24) is 10.6 Å². The van der Waals surface area contributed by atoms with E-state index < -0.39 is 39.5 Å². The van der Waals surface area contributed by atoms with Crippen molar-refractivity contribution in [3.05, 3.63) is 101 Å². The van der Waals surface area contributed by atoms with Crippen LogP contribution in [0.1, 0.15) is 40.9 Å². The van der Waals surface area contributed by atoms with E-state index in [1.54, 1.807) is 6.92 Å². The highest BCUT2D eigenvalue weighted by Crippen LogP contribution is 2.15. The molecule has 0 saturated carbocycles. The van der Waals surface area contributed by atoms with Crippen molar-refractivity contribution in [2.75, 3.05) is 25.5 Å². The summed E-state index contributed by atoms with van der Waals surface area (Å²) in [7, 11) is -3.57. The number of aliphatic hydroxyl groups excluding tert-OH is 1. The topological polar surface area (TPSA) is 105 Å². The molecule has 0 aliphatic rings. The summed E-state index contributed by atoms with van der Waals surface area (Å²) in [5.74, 6) is -2.26. The molecule has 0 bridgehead atoms. The van der Waals surface area contributed by atoms with E-state index in [2.05, 4.69) is 23.6 Å². The zero-order chi connectivity index (χ0) is 29.1. The first-order valence-electron chi connectivity index (χ1n) is 13.2. The summed E-state index contributed by atoms with van der Waals surface area (Å²) < 4.78 is 57.7. The van der Waals surface area contributed by atoms with E-state index in [4.69, 9.17) is 4.74 Å². The molecular weight excluding hydrogens is 538 g/mol. The number of amides is 1. The molecule has 3 N–H and O–H groups in total. The van der Waals surface area contributed by atoms with Crippen molar-refractivity contribution in [1.29, 1.82) is 0 Å². The third-order valence-electron chi connectivity index (χ3n) is 6.42. The number of benzene rings is 3. The number of ether oxygens (including phenoxy) is 1. The fraction of sp³-hybridized carbons (Fsp3) is 0.367. The molecule has 0 radical (unpaired) electrons. The van der Waals surface area contributed by atoms with Gasteiger partial charge in [0.2, 0.25) is 0 Å². The maximum absolute atomic E-state index is 13.8. The monoisotopic (exact) mass is 574 g/mol. The number of sulfone groups is 1. The Labute approximate surface area is 234 Å². The van der Waals surface area contributed by atoms with Crippen molar-refractivity contribution in [3.63, 3.8) is 0 Å². The van der Waals surface area contributed by atoms with Crippen LogP contribution in [0, 0.1) is 11.6 Å². The molecule has 3 rings (SSSR count). The van der Waals surface area contributed by atoms with Gasteiger partial charge >= 0.3 is 0 Å². The van der Waals surface area contributed by atoms with Crippen molar-refractivity contribution < 1.29 is 31.8 Å². The standard InChI is InChI=1S/C30H36F2N2O5S/c1-3-21-6-5-7-22(14-21)19-33-20-29(35)28(17-23-15-25(31)18-26(32)16-23)34-30(36)24-8-10-27(11-9-24)40(37,38)13-12-39-4-2/h5-11,14-16,18,28-29,33,35H,3-4,12-13,17,19-20H2,1-2H3,(H,34,36)/t28-,29-/m0/s1. The average molecular weight is 575 g/mol. The Morgan fingerprint density at radius 3 is 2.27 bits per heavy atom. The molecule has 216 valence electrons. The molecule has 0 unspecified atom stereocenters. The summed E-state index contributed by atoms with van der Waals surface area (Å²) in [5.41, 5.74) is 2.67. The first kappa shape index (κ1) is 31.3. The zero-order valence-electron chi connectivity index (χ0n) is 22.7. The van der Waals surface area contributed by atoms with Gasteiger partial charge in [-0.05, 0) is 72.9 Å². The van der Waals surface area contributed by atoms with Crippen LogP contribution >= 0.6 is 0 Å². The predicted octanol–water partition coefficient (Wildman–Crippen LogP) is 3.83. The highest BCUT2D eigenvalue weighted by atomic mass is 32.2. The van der Waals surface area contributed by atoms with E-state index >= 15 is 0 Å². The van der Waals surface area contributed by atoms with Crippen LogP contribution in [-0.4, -0.2) is 57.1 Å². The molecule has 0 aromatic heterocycles. The Morgan fingerprint density at radius 2 is 1.62 bits per heavy atom. The van der Waals surface area contributed by atoms with E-state index in [1.807, 2.05) is 18.2 Å². The fourth-order valence-electron chi connectivity index (χ4n) is 4.23. The molecule has 10 heteroatoms. The quantitative estimate of drug-likeness (QED) is 0.239. The van der Waals surface area contributed by atoms with Crippen molar-refractivity contribution >= 4 is 15.7 Å². The first-order valence-corrected chi connectivity index (χ1v) is 14.9. The van der Waals surface area contributed by atoms with Crippen LogP contribution in [0.3, 0.4) is 0 Å². The van der Waals surface area contributed by atoms with Gasteiger partial charge in [0.1, 0.15) is 11.6 Å². The van der Waals surface area contributed by atoms with E-state index in [9.17, 15) is 27.1 Å².